The molecule has 3 heterocycles. The zero-order valence-corrected chi connectivity index (χ0v) is 19.4. The third kappa shape index (κ3) is 3.39. The van der Waals surface area contributed by atoms with Gasteiger partial charge in [-0.1, -0.05) is 83.5 Å². The molecule has 35 heavy (non-hydrogen) atoms. The molecule has 0 radical (unpaired) electrons. The Hall–Kier alpha value is -4.09. The minimum Gasteiger partial charge on any atom is -0.464 e. The first-order valence-corrected chi connectivity index (χ1v) is 11.9. The van der Waals surface area contributed by atoms with E-state index < -0.39 is 0 Å². The van der Waals surface area contributed by atoms with E-state index >= 15 is 0 Å². The fourth-order valence-electron chi connectivity index (χ4n) is 4.98. The highest BCUT2D eigenvalue weighted by atomic mass is 35.5. The predicted molar refractivity (Wildman–Crippen MR) is 136 cm³/mol. The number of nitrogens with zero attached hydrogens (tertiary/aromatic N) is 3. The van der Waals surface area contributed by atoms with Crippen molar-refractivity contribution in [1.82, 2.24) is 10.2 Å². The average molecular weight is 478 g/mol. The van der Waals surface area contributed by atoms with Crippen LogP contribution < -0.4 is 4.74 Å². The number of para-hydroxylation sites is 1. The summed E-state index contributed by atoms with van der Waals surface area (Å²) in [5.41, 5.74) is 6.04. The van der Waals surface area contributed by atoms with Gasteiger partial charge >= 0.3 is 0 Å². The Kier molecular flexibility index (Phi) is 4.64. The molecule has 0 unspecified atom stereocenters. The van der Waals surface area contributed by atoms with Crippen molar-refractivity contribution in [1.29, 1.82) is 0 Å². The molecule has 4 aromatic carbocycles. The first-order chi connectivity index (χ1) is 17.2. The van der Waals surface area contributed by atoms with Gasteiger partial charge in [0.05, 0.1) is 17.1 Å². The second-order valence-corrected chi connectivity index (χ2v) is 9.25. The van der Waals surface area contributed by atoms with E-state index in [0.717, 1.165) is 56.8 Å². The molecule has 0 saturated heterocycles. The summed E-state index contributed by atoms with van der Waals surface area (Å²) in [6, 6.07) is 32.4. The van der Waals surface area contributed by atoms with E-state index in [1.165, 1.54) is 0 Å². The summed E-state index contributed by atoms with van der Waals surface area (Å²) < 4.78 is 12.3. The Morgan fingerprint density at radius 2 is 1.63 bits per heavy atom. The van der Waals surface area contributed by atoms with E-state index in [1.54, 1.807) is 0 Å². The van der Waals surface area contributed by atoms with Crippen molar-refractivity contribution >= 4 is 28.2 Å². The van der Waals surface area contributed by atoms with Crippen LogP contribution >= 0.6 is 11.6 Å². The number of halogens is 1. The second kappa shape index (κ2) is 8.00. The maximum atomic E-state index is 6.55. The lowest BCUT2D eigenvalue weighted by atomic mass is 9.95. The molecule has 2 aliphatic rings. The third-order valence-corrected chi connectivity index (χ3v) is 6.95. The highest BCUT2D eigenvalue weighted by Crippen LogP contribution is 2.48. The van der Waals surface area contributed by atoms with E-state index in [4.69, 9.17) is 26.0 Å². The summed E-state index contributed by atoms with van der Waals surface area (Å²) in [5, 5.41) is 13.1. The Morgan fingerprint density at radius 1 is 0.829 bits per heavy atom. The topological polar surface area (TPSA) is 50.9 Å². The van der Waals surface area contributed by atoms with Crippen molar-refractivity contribution in [3.8, 4) is 17.1 Å². The van der Waals surface area contributed by atoms with Crippen LogP contribution in [0.15, 0.2) is 107 Å². The SMILES string of the molecule is Clc1ccc(C2=NN3[C@H](C2)c2ccccc2O[C@@H]3c2ccc3noc(-c4ccccc4)c3c2)cc1. The van der Waals surface area contributed by atoms with E-state index in [0.29, 0.717) is 5.02 Å². The van der Waals surface area contributed by atoms with Gasteiger partial charge in [-0.05, 0) is 35.9 Å². The van der Waals surface area contributed by atoms with Crippen molar-refractivity contribution in [3.63, 3.8) is 0 Å². The van der Waals surface area contributed by atoms with Crippen molar-refractivity contribution in [2.24, 2.45) is 5.10 Å². The highest BCUT2D eigenvalue weighted by Gasteiger charge is 2.41. The molecule has 7 rings (SSSR count). The van der Waals surface area contributed by atoms with Crippen LogP contribution in [0.4, 0.5) is 0 Å². The fraction of sp³-hybridized carbons (Fsp3) is 0.103. The smallest absolute Gasteiger partial charge is 0.213 e. The van der Waals surface area contributed by atoms with E-state index in [1.807, 2.05) is 78.9 Å². The lowest BCUT2D eigenvalue weighted by molar-refractivity contribution is -0.0189. The third-order valence-electron chi connectivity index (χ3n) is 6.70. The summed E-state index contributed by atoms with van der Waals surface area (Å²) in [6.07, 6.45) is 0.422. The summed E-state index contributed by atoms with van der Waals surface area (Å²) in [6.45, 7) is 0. The van der Waals surface area contributed by atoms with Gasteiger partial charge in [-0.2, -0.15) is 5.10 Å². The number of hydrogen-bond donors (Lipinski definition) is 0. The van der Waals surface area contributed by atoms with E-state index in [-0.39, 0.29) is 12.3 Å². The molecule has 2 aliphatic heterocycles. The predicted octanol–water partition coefficient (Wildman–Crippen LogP) is 7.39. The first kappa shape index (κ1) is 20.3. The highest BCUT2D eigenvalue weighted by molar-refractivity contribution is 6.30. The molecule has 0 N–H and O–H groups in total. The van der Waals surface area contributed by atoms with Crippen LogP contribution in [-0.2, 0) is 0 Å². The Balaban J connectivity index is 1.34. The molecule has 1 aromatic heterocycles. The van der Waals surface area contributed by atoms with Crippen molar-refractivity contribution in [3.05, 3.63) is 119 Å². The molecule has 0 aliphatic carbocycles. The molecule has 0 bridgehead atoms. The zero-order chi connectivity index (χ0) is 23.4. The fourth-order valence-corrected chi connectivity index (χ4v) is 5.11. The summed E-state index contributed by atoms with van der Waals surface area (Å²) in [7, 11) is 0. The summed E-state index contributed by atoms with van der Waals surface area (Å²) >= 11 is 6.12. The molecule has 0 saturated carbocycles. The monoisotopic (exact) mass is 477 g/mol. The van der Waals surface area contributed by atoms with Crippen molar-refractivity contribution in [2.45, 2.75) is 18.7 Å². The van der Waals surface area contributed by atoms with Gasteiger partial charge in [0.15, 0.2) is 5.76 Å². The summed E-state index contributed by atoms with van der Waals surface area (Å²) in [4.78, 5) is 0. The molecular formula is C29H20ClN3O2. The molecule has 0 spiro atoms. The summed E-state index contributed by atoms with van der Waals surface area (Å²) in [5.74, 6) is 1.64. The molecule has 5 aromatic rings. The molecule has 5 nitrogen and oxygen atoms in total. The maximum Gasteiger partial charge on any atom is 0.213 e. The van der Waals surface area contributed by atoms with Crippen LogP contribution in [0.25, 0.3) is 22.2 Å². The van der Waals surface area contributed by atoms with Crippen LogP contribution in [0.2, 0.25) is 5.02 Å². The van der Waals surface area contributed by atoms with Gasteiger partial charge in [-0.3, -0.25) is 0 Å². The molecule has 2 atom stereocenters. The van der Waals surface area contributed by atoms with Crippen LogP contribution in [0.1, 0.15) is 35.4 Å². The van der Waals surface area contributed by atoms with Gasteiger partial charge in [0.25, 0.3) is 0 Å². The number of aromatic nitrogens is 1. The van der Waals surface area contributed by atoms with Crippen LogP contribution in [0.5, 0.6) is 5.75 Å². The number of hydrazone groups is 1. The van der Waals surface area contributed by atoms with Gasteiger partial charge in [0, 0.05) is 28.1 Å². The number of benzene rings is 4. The lowest BCUT2D eigenvalue weighted by Gasteiger charge is -2.38. The second-order valence-electron chi connectivity index (χ2n) is 8.82. The zero-order valence-electron chi connectivity index (χ0n) is 18.6. The van der Waals surface area contributed by atoms with Gasteiger partial charge in [-0.15, -0.1) is 0 Å². The standard InChI is InChI=1S/C29H20ClN3O2/c30-21-13-10-18(11-14-21)25-17-26-22-8-4-5-9-27(22)34-29(33(26)31-25)20-12-15-24-23(16-20)28(35-32-24)19-6-2-1-3-7-19/h1-16,26,29H,17H2/t26-,29-/m1/s1. The van der Waals surface area contributed by atoms with Gasteiger partial charge < -0.3 is 9.26 Å². The molecular weight excluding hydrogens is 458 g/mol. The minimum absolute atomic E-state index is 0.0855. The maximum absolute atomic E-state index is 6.55. The molecule has 0 fully saturated rings. The minimum atomic E-state index is -0.373. The quantitative estimate of drug-likeness (QED) is 0.272. The molecule has 6 heteroatoms. The van der Waals surface area contributed by atoms with Crippen molar-refractivity contribution in [2.75, 3.05) is 0 Å². The van der Waals surface area contributed by atoms with Gasteiger partial charge in [-0.25, -0.2) is 5.01 Å². The largest absolute Gasteiger partial charge is 0.464 e. The normalized spacial score (nSPS) is 18.7. The first-order valence-electron chi connectivity index (χ1n) is 11.6. The van der Waals surface area contributed by atoms with Crippen LogP contribution in [-0.4, -0.2) is 15.9 Å². The number of rotatable bonds is 3. The number of hydrogen-bond acceptors (Lipinski definition) is 5. The Bertz CT molecular complexity index is 1580. The van der Waals surface area contributed by atoms with Gasteiger partial charge in [0.2, 0.25) is 6.23 Å². The Labute approximate surface area is 207 Å². The molecule has 0 amide bonds. The van der Waals surface area contributed by atoms with Crippen LogP contribution in [0, 0.1) is 0 Å². The number of fused-ring (bicyclic) bond motifs is 4. The van der Waals surface area contributed by atoms with E-state index in [9.17, 15) is 0 Å². The average Bonchev–Trinajstić information content (AvgIpc) is 3.54. The lowest BCUT2D eigenvalue weighted by Crippen LogP contribution is -2.33. The Morgan fingerprint density at radius 3 is 2.49 bits per heavy atom. The van der Waals surface area contributed by atoms with Crippen molar-refractivity contribution < 1.29 is 9.26 Å². The van der Waals surface area contributed by atoms with Gasteiger partial charge in [0.1, 0.15) is 11.3 Å². The van der Waals surface area contributed by atoms with Crippen LogP contribution in [0.3, 0.4) is 0 Å². The van der Waals surface area contributed by atoms with E-state index in [2.05, 4.69) is 28.4 Å². The number of ether oxygens (including phenoxy) is 1. The molecule has 170 valence electrons.